The van der Waals surface area contributed by atoms with E-state index in [0.717, 1.165) is 28.7 Å². The number of benzene rings is 2. The fourth-order valence-corrected chi connectivity index (χ4v) is 2.15. The van der Waals surface area contributed by atoms with Crippen LogP contribution in [-0.4, -0.2) is 23.7 Å². The fourth-order valence-electron chi connectivity index (χ4n) is 2.15. The molecule has 1 aliphatic heterocycles. The molecule has 1 N–H and O–H groups in total. The maximum atomic E-state index is 9.43. The van der Waals surface area contributed by atoms with E-state index >= 15 is 0 Å². The number of fused-ring (bicyclic) bond motifs is 1. The van der Waals surface area contributed by atoms with E-state index in [9.17, 15) is 5.11 Å². The Bertz CT molecular complexity index is 619. The van der Waals surface area contributed by atoms with Crippen LogP contribution in [0.4, 0.5) is 0 Å². The Morgan fingerprint density at radius 3 is 2.78 bits per heavy atom. The lowest BCUT2D eigenvalue weighted by atomic mass is 10.1. The maximum absolute atomic E-state index is 9.43. The molecule has 0 radical (unpaired) electrons. The van der Waals surface area contributed by atoms with E-state index in [0.29, 0.717) is 6.61 Å². The van der Waals surface area contributed by atoms with E-state index in [-0.39, 0.29) is 11.8 Å². The van der Waals surface area contributed by atoms with Crippen molar-refractivity contribution in [2.24, 2.45) is 4.99 Å². The Labute approximate surface area is 106 Å². The number of ether oxygens (including phenoxy) is 1. The van der Waals surface area contributed by atoms with Crippen molar-refractivity contribution in [3.8, 4) is 5.75 Å². The molecule has 0 aromatic heterocycles. The lowest BCUT2D eigenvalue weighted by molar-refractivity contribution is 0.315. The minimum atomic E-state index is 0.288. The van der Waals surface area contributed by atoms with Crippen LogP contribution in [0.15, 0.2) is 41.4 Å². The van der Waals surface area contributed by atoms with Crippen LogP contribution in [0.2, 0.25) is 0 Å². The molecule has 3 heteroatoms. The molecule has 92 valence electrons. The number of aromatic hydroxyl groups is 1. The average Bonchev–Trinajstić information content (AvgIpc) is 2.87. The van der Waals surface area contributed by atoms with Crippen LogP contribution in [0.25, 0.3) is 10.8 Å². The number of rotatable bonds is 2. The molecule has 0 bridgehead atoms. The van der Waals surface area contributed by atoms with Gasteiger partial charge in [-0.1, -0.05) is 19.1 Å². The van der Waals surface area contributed by atoms with Crippen LogP contribution < -0.4 is 0 Å². The molecule has 2 aromatic rings. The highest BCUT2D eigenvalue weighted by atomic mass is 16.5. The normalized spacial score (nSPS) is 18.7. The summed E-state index contributed by atoms with van der Waals surface area (Å²) in [5.74, 6) is 1.02. The molecule has 0 aliphatic carbocycles. The minimum Gasteiger partial charge on any atom is -0.508 e. The molecule has 1 heterocycles. The van der Waals surface area contributed by atoms with Gasteiger partial charge in [-0.2, -0.15) is 0 Å². The van der Waals surface area contributed by atoms with Gasteiger partial charge in [-0.05, 0) is 41.5 Å². The molecule has 0 amide bonds. The summed E-state index contributed by atoms with van der Waals surface area (Å²) in [4.78, 5) is 4.55. The van der Waals surface area contributed by atoms with Gasteiger partial charge in [-0.15, -0.1) is 0 Å². The van der Waals surface area contributed by atoms with Crippen molar-refractivity contribution in [3.63, 3.8) is 0 Å². The molecular formula is C15H15NO2. The largest absolute Gasteiger partial charge is 0.508 e. The van der Waals surface area contributed by atoms with E-state index in [1.807, 2.05) is 24.3 Å². The van der Waals surface area contributed by atoms with Gasteiger partial charge in [0.05, 0.1) is 6.04 Å². The number of phenols is 1. The molecule has 1 aliphatic rings. The molecule has 2 aromatic carbocycles. The first-order chi connectivity index (χ1) is 8.76. The van der Waals surface area contributed by atoms with E-state index < -0.39 is 0 Å². The minimum absolute atomic E-state index is 0.288. The molecule has 0 saturated carbocycles. The van der Waals surface area contributed by atoms with Gasteiger partial charge in [0, 0.05) is 5.56 Å². The standard InChI is InChI=1S/C15H15NO2/c1-2-13-9-18-15(16-13)12-4-3-11-8-14(17)6-5-10(11)7-12/h3-8,13,17H,2,9H2,1H3. The highest BCUT2D eigenvalue weighted by molar-refractivity contribution is 5.99. The summed E-state index contributed by atoms with van der Waals surface area (Å²) in [5, 5.41) is 11.5. The van der Waals surface area contributed by atoms with Crippen molar-refractivity contribution in [1.29, 1.82) is 0 Å². The second kappa shape index (κ2) is 4.33. The third-order valence-electron chi connectivity index (χ3n) is 3.25. The number of hydrogen-bond acceptors (Lipinski definition) is 3. The van der Waals surface area contributed by atoms with Crippen molar-refractivity contribution in [2.45, 2.75) is 19.4 Å². The summed E-state index contributed by atoms with van der Waals surface area (Å²) in [7, 11) is 0. The van der Waals surface area contributed by atoms with Gasteiger partial charge in [0.15, 0.2) is 0 Å². The maximum Gasteiger partial charge on any atom is 0.216 e. The topological polar surface area (TPSA) is 41.8 Å². The fraction of sp³-hybridized carbons (Fsp3) is 0.267. The van der Waals surface area contributed by atoms with Gasteiger partial charge < -0.3 is 9.84 Å². The van der Waals surface area contributed by atoms with Crippen LogP contribution >= 0.6 is 0 Å². The van der Waals surface area contributed by atoms with E-state index in [2.05, 4.69) is 11.9 Å². The first kappa shape index (κ1) is 11.1. The van der Waals surface area contributed by atoms with Crippen LogP contribution in [0.1, 0.15) is 18.9 Å². The van der Waals surface area contributed by atoms with Crippen molar-refractivity contribution in [1.82, 2.24) is 0 Å². The van der Waals surface area contributed by atoms with Gasteiger partial charge in [0.2, 0.25) is 5.90 Å². The van der Waals surface area contributed by atoms with Gasteiger partial charge in [-0.25, -0.2) is 4.99 Å². The predicted octanol–water partition coefficient (Wildman–Crippen LogP) is 3.10. The highest BCUT2D eigenvalue weighted by Gasteiger charge is 2.18. The summed E-state index contributed by atoms with van der Waals surface area (Å²) in [5.41, 5.74) is 1.00. The number of phenolic OH excluding ortho intramolecular Hbond substituents is 1. The first-order valence-corrected chi connectivity index (χ1v) is 6.20. The first-order valence-electron chi connectivity index (χ1n) is 6.20. The van der Waals surface area contributed by atoms with Gasteiger partial charge >= 0.3 is 0 Å². The summed E-state index contributed by atoms with van der Waals surface area (Å²) in [6.07, 6.45) is 1.00. The molecule has 3 rings (SSSR count). The Morgan fingerprint density at radius 1 is 1.22 bits per heavy atom. The molecule has 1 atom stereocenters. The van der Waals surface area contributed by atoms with E-state index in [4.69, 9.17) is 4.74 Å². The SMILES string of the molecule is CCC1COC(c2ccc3cc(O)ccc3c2)=N1. The molecule has 3 nitrogen and oxygen atoms in total. The smallest absolute Gasteiger partial charge is 0.216 e. The molecule has 0 spiro atoms. The summed E-state index contributed by atoms with van der Waals surface area (Å²) in [6, 6.07) is 11.7. The monoisotopic (exact) mass is 241 g/mol. The summed E-state index contributed by atoms with van der Waals surface area (Å²) in [6.45, 7) is 2.79. The van der Waals surface area contributed by atoms with Crippen LogP contribution in [0, 0.1) is 0 Å². The van der Waals surface area contributed by atoms with Crippen molar-refractivity contribution < 1.29 is 9.84 Å². The van der Waals surface area contributed by atoms with Gasteiger partial charge in [0.1, 0.15) is 12.4 Å². The average molecular weight is 241 g/mol. The zero-order valence-electron chi connectivity index (χ0n) is 10.3. The van der Waals surface area contributed by atoms with E-state index in [1.165, 1.54) is 0 Å². The van der Waals surface area contributed by atoms with Gasteiger partial charge in [-0.3, -0.25) is 0 Å². The van der Waals surface area contributed by atoms with Gasteiger partial charge in [0.25, 0.3) is 0 Å². The van der Waals surface area contributed by atoms with Crippen molar-refractivity contribution in [3.05, 3.63) is 42.0 Å². The third-order valence-corrected chi connectivity index (χ3v) is 3.25. The highest BCUT2D eigenvalue weighted by Crippen LogP contribution is 2.23. The molecule has 0 saturated heterocycles. The molecule has 1 unspecified atom stereocenters. The van der Waals surface area contributed by atoms with Crippen molar-refractivity contribution in [2.75, 3.05) is 6.61 Å². The van der Waals surface area contributed by atoms with Crippen LogP contribution in [0.5, 0.6) is 5.75 Å². The number of nitrogens with zero attached hydrogens (tertiary/aromatic N) is 1. The summed E-state index contributed by atoms with van der Waals surface area (Å²) >= 11 is 0. The second-order valence-corrected chi connectivity index (χ2v) is 4.55. The Kier molecular flexibility index (Phi) is 2.67. The van der Waals surface area contributed by atoms with Crippen LogP contribution in [0.3, 0.4) is 0 Å². The lowest BCUT2D eigenvalue weighted by Gasteiger charge is -2.04. The third kappa shape index (κ3) is 1.92. The Hall–Kier alpha value is -2.03. The predicted molar refractivity (Wildman–Crippen MR) is 72.2 cm³/mol. The zero-order valence-corrected chi connectivity index (χ0v) is 10.3. The molecule has 18 heavy (non-hydrogen) atoms. The molecular weight excluding hydrogens is 226 g/mol. The number of aliphatic imine (C=N–C) groups is 1. The zero-order chi connectivity index (χ0) is 12.5. The Morgan fingerprint density at radius 2 is 2.00 bits per heavy atom. The van der Waals surface area contributed by atoms with E-state index in [1.54, 1.807) is 12.1 Å². The molecule has 0 fully saturated rings. The quantitative estimate of drug-likeness (QED) is 0.877. The van der Waals surface area contributed by atoms with Crippen molar-refractivity contribution >= 4 is 16.7 Å². The lowest BCUT2D eigenvalue weighted by Crippen LogP contribution is -2.03. The summed E-state index contributed by atoms with van der Waals surface area (Å²) < 4.78 is 5.62. The van der Waals surface area contributed by atoms with Crippen LogP contribution in [-0.2, 0) is 4.74 Å². The number of hydrogen-bond donors (Lipinski definition) is 1. The Balaban J connectivity index is 2.01. The second-order valence-electron chi connectivity index (χ2n) is 4.55.